The molecular weight excluding hydrogens is 402 g/mol. The molecule has 31 heavy (non-hydrogen) atoms. The Morgan fingerprint density at radius 1 is 0.806 bits per heavy atom. The third-order valence-electron chi connectivity index (χ3n) is 3.29. The molecule has 15 nitrogen and oxygen atoms in total. The Kier molecular flexibility index (Phi) is 11.2. The molecule has 0 saturated carbocycles. The first-order valence-electron chi connectivity index (χ1n) is 9.29. The van der Waals surface area contributed by atoms with Crippen LogP contribution < -0.4 is 33.6 Å². The van der Waals surface area contributed by atoms with Crippen LogP contribution in [-0.4, -0.2) is 105 Å². The summed E-state index contributed by atoms with van der Waals surface area (Å²) in [5.74, 6) is 2.33. The van der Waals surface area contributed by atoms with Gasteiger partial charge in [0.1, 0.15) is 12.3 Å². The molecule has 176 valence electrons. The molecule has 2 aliphatic rings. The van der Waals surface area contributed by atoms with E-state index in [9.17, 15) is 0 Å². The number of aliphatic imine (C=N–C) groups is 5. The van der Waals surface area contributed by atoms with E-state index < -0.39 is 0 Å². The van der Waals surface area contributed by atoms with Gasteiger partial charge in [-0.15, -0.1) is 0 Å². The van der Waals surface area contributed by atoms with Gasteiger partial charge in [0, 0.05) is 42.3 Å². The lowest BCUT2D eigenvalue weighted by molar-refractivity contribution is 0.581. The topological polar surface area (TPSA) is 224 Å². The van der Waals surface area contributed by atoms with Gasteiger partial charge in [-0.3, -0.25) is 16.0 Å². The van der Waals surface area contributed by atoms with Gasteiger partial charge in [-0.2, -0.15) is 4.99 Å². The fraction of sp³-hybridized carbons (Fsp3) is 0.625. The third kappa shape index (κ3) is 11.7. The van der Waals surface area contributed by atoms with E-state index in [1.807, 2.05) is 51.8 Å². The molecular formula is C16H37N15. The second-order valence-electron chi connectivity index (χ2n) is 6.99. The summed E-state index contributed by atoms with van der Waals surface area (Å²) >= 11 is 0. The summed E-state index contributed by atoms with van der Waals surface area (Å²) in [6, 6.07) is 0. The SMILES string of the molecule is CN(C)C(N)=NC(=N)N.C[C@@H]1N=C(N)NC(N(C)C)=N1.C[C@H]1N=C(N)NC(N(C)C)=N1. The minimum Gasteiger partial charge on any atom is -0.370 e. The molecule has 0 radical (unpaired) electrons. The van der Waals surface area contributed by atoms with E-state index in [0.29, 0.717) is 11.9 Å². The summed E-state index contributed by atoms with van der Waals surface area (Å²) in [5, 5.41) is 12.4. The first-order chi connectivity index (χ1) is 14.2. The maximum Gasteiger partial charge on any atom is 0.215 e. The number of hydrogen-bond donors (Lipinski definition) is 7. The molecule has 0 aliphatic carbocycles. The summed E-state index contributed by atoms with van der Waals surface area (Å²) in [5.41, 5.74) is 21.2. The molecule has 0 aromatic carbocycles. The Hall–Kier alpha value is -3.78. The minimum absolute atomic E-state index is 0.0753. The number of nitrogens with zero attached hydrogens (tertiary/aromatic N) is 8. The first kappa shape index (κ1) is 27.2. The Bertz CT molecular complexity index is 698. The molecule has 11 N–H and O–H groups in total. The normalized spacial score (nSPS) is 19.8. The van der Waals surface area contributed by atoms with Crippen LogP contribution in [0.2, 0.25) is 0 Å². The van der Waals surface area contributed by atoms with Crippen LogP contribution in [0.15, 0.2) is 25.0 Å². The quantitative estimate of drug-likeness (QED) is 0.151. The van der Waals surface area contributed by atoms with Crippen LogP contribution in [0.1, 0.15) is 13.8 Å². The number of rotatable bonds is 0. The van der Waals surface area contributed by atoms with Crippen molar-refractivity contribution in [1.29, 1.82) is 5.41 Å². The second-order valence-corrected chi connectivity index (χ2v) is 6.99. The van der Waals surface area contributed by atoms with E-state index in [4.69, 9.17) is 28.3 Å². The summed E-state index contributed by atoms with van der Waals surface area (Å²) in [4.78, 5) is 25.1. The van der Waals surface area contributed by atoms with Gasteiger partial charge in [0.25, 0.3) is 0 Å². The lowest BCUT2D eigenvalue weighted by Crippen LogP contribution is -2.47. The molecule has 0 saturated heterocycles. The van der Waals surface area contributed by atoms with Crippen LogP contribution in [0.25, 0.3) is 0 Å². The van der Waals surface area contributed by atoms with Crippen molar-refractivity contribution in [3.05, 3.63) is 0 Å². The van der Waals surface area contributed by atoms with Crippen LogP contribution in [0.3, 0.4) is 0 Å². The van der Waals surface area contributed by atoms with Gasteiger partial charge in [-0.25, -0.2) is 20.0 Å². The van der Waals surface area contributed by atoms with E-state index >= 15 is 0 Å². The summed E-state index contributed by atoms with van der Waals surface area (Å²) < 4.78 is 0. The van der Waals surface area contributed by atoms with Crippen molar-refractivity contribution in [3.8, 4) is 0 Å². The highest BCUT2D eigenvalue weighted by Crippen LogP contribution is 1.98. The fourth-order valence-electron chi connectivity index (χ4n) is 1.85. The zero-order valence-electron chi connectivity index (χ0n) is 19.5. The Balaban J connectivity index is 0.000000439. The Labute approximate surface area is 183 Å². The van der Waals surface area contributed by atoms with E-state index in [1.165, 1.54) is 0 Å². The Morgan fingerprint density at radius 3 is 1.35 bits per heavy atom. The summed E-state index contributed by atoms with van der Waals surface area (Å²) in [7, 11) is 11.0. The molecule has 0 fully saturated rings. The van der Waals surface area contributed by atoms with Crippen LogP contribution in [-0.2, 0) is 0 Å². The zero-order chi connectivity index (χ0) is 24.3. The number of guanidine groups is 6. The molecule has 0 amide bonds. The molecule has 15 heteroatoms. The highest BCUT2D eigenvalue weighted by atomic mass is 15.4. The number of nitrogens with one attached hydrogen (secondary N) is 3. The van der Waals surface area contributed by atoms with Crippen molar-refractivity contribution >= 4 is 35.8 Å². The van der Waals surface area contributed by atoms with Crippen molar-refractivity contribution in [2.75, 3.05) is 42.3 Å². The number of nitrogens with two attached hydrogens (primary N) is 4. The average Bonchev–Trinajstić information content (AvgIpc) is 2.60. The van der Waals surface area contributed by atoms with Gasteiger partial charge in [0.15, 0.2) is 17.9 Å². The smallest absolute Gasteiger partial charge is 0.215 e. The first-order valence-corrected chi connectivity index (χ1v) is 9.29. The van der Waals surface area contributed by atoms with Crippen molar-refractivity contribution in [2.24, 2.45) is 47.9 Å². The molecule has 2 aliphatic heterocycles. The largest absolute Gasteiger partial charge is 0.370 e. The Morgan fingerprint density at radius 2 is 1.16 bits per heavy atom. The zero-order valence-corrected chi connectivity index (χ0v) is 19.5. The molecule has 0 aromatic heterocycles. The van der Waals surface area contributed by atoms with Gasteiger partial charge in [0.2, 0.25) is 17.9 Å². The van der Waals surface area contributed by atoms with E-state index in [2.05, 4.69) is 35.6 Å². The van der Waals surface area contributed by atoms with Crippen molar-refractivity contribution in [3.63, 3.8) is 0 Å². The summed E-state index contributed by atoms with van der Waals surface area (Å²) in [6.45, 7) is 3.77. The maximum atomic E-state index is 6.70. The molecule has 0 spiro atoms. The fourth-order valence-corrected chi connectivity index (χ4v) is 1.85. The third-order valence-corrected chi connectivity index (χ3v) is 3.29. The van der Waals surface area contributed by atoms with Crippen LogP contribution in [0, 0.1) is 5.41 Å². The number of hydrogen-bond acceptors (Lipinski definition) is 11. The molecule has 0 unspecified atom stereocenters. The van der Waals surface area contributed by atoms with Gasteiger partial charge in [-0.05, 0) is 13.8 Å². The standard InChI is InChI=1S/2C6H13N5.C4H11N5/c2*1-4-8-5(7)10-6(9-4)11(2)3;1-9(2)4(7)8-3(5)6/h2*4H,1-3H3,(H3,7,8,9,10);1-2H3,(H5,5,6,7,8)/t2*4-;/m10./s1. The monoisotopic (exact) mass is 439 g/mol. The molecule has 2 heterocycles. The van der Waals surface area contributed by atoms with E-state index in [1.54, 1.807) is 19.0 Å². The van der Waals surface area contributed by atoms with Gasteiger partial charge in [0.05, 0.1) is 0 Å². The molecule has 0 bridgehead atoms. The van der Waals surface area contributed by atoms with E-state index in [0.717, 1.165) is 11.9 Å². The van der Waals surface area contributed by atoms with Crippen LogP contribution >= 0.6 is 0 Å². The average molecular weight is 440 g/mol. The lowest BCUT2D eigenvalue weighted by Gasteiger charge is -2.21. The van der Waals surface area contributed by atoms with Crippen molar-refractivity contribution < 1.29 is 0 Å². The molecule has 2 rings (SSSR count). The van der Waals surface area contributed by atoms with Crippen LogP contribution in [0.4, 0.5) is 0 Å². The lowest BCUT2D eigenvalue weighted by atomic mass is 10.5. The van der Waals surface area contributed by atoms with Gasteiger partial charge in [-0.1, -0.05) is 0 Å². The second kappa shape index (κ2) is 12.7. The van der Waals surface area contributed by atoms with E-state index in [-0.39, 0.29) is 24.3 Å². The van der Waals surface area contributed by atoms with Crippen molar-refractivity contribution in [2.45, 2.75) is 26.2 Å². The van der Waals surface area contributed by atoms with Crippen LogP contribution in [0.5, 0.6) is 0 Å². The summed E-state index contributed by atoms with van der Waals surface area (Å²) in [6.07, 6.45) is -0.151. The maximum absolute atomic E-state index is 6.70. The van der Waals surface area contributed by atoms with Gasteiger partial charge >= 0.3 is 0 Å². The van der Waals surface area contributed by atoms with Gasteiger partial charge < -0.3 is 37.6 Å². The van der Waals surface area contributed by atoms with Crippen molar-refractivity contribution in [1.82, 2.24) is 25.3 Å². The predicted molar refractivity (Wildman–Crippen MR) is 128 cm³/mol. The minimum atomic E-state index is -0.277. The highest BCUT2D eigenvalue weighted by Gasteiger charge is 2.12. The molecule has 0 aromatic rings. The highest BCUT2D eigenvalue weighted by molar-refractivity contribution is 5.99. The predicted octanol–water partition coefficient (Wildman–Crippen LogP) is -2.91. The molecule has 2 atom stereocenters.